The van der Waals surface area contributed by atoms with E-state index >= 15 is 0 Å². The van der Waals surface area contributed by atoms with Gasteiger partial charge in [0.2, 0.25) is 6.79 Å². The Kier molecular flexibility index (Phi) is 3.42. The van der Waals surface area contributed by atoms with Gasteiger partial charge < -0.3 is 14.4 Å². The minimum atomic E-state index is 0.0298. The van der Waals surface area contributed by atoms with Gasteiger partial charge in [-0.05, 0) is 29.8 Å². The summed E-state index contributed by atoms with van der Waals surface area (Å²) in [5.74, 6) is 2.55. The average Bonchev–Trinajstić information content (AvgIpc) is 3.23. The third kappa shape index (κ3) is 2.31. The monoisotopic (exact) mass is 313 g/mol. The molecule has 1 amide bonds. The number of amides is 1. The second kappa shape index (κ2) is 5.57. The average molecular weight is 313 g/mol. The van der Waals surface area contributed by atoms with E-state index < -0.39 is 0 Å². The first kappa shape index (κ1) is 13.5. The van der Waals surface area contributed by atoms with Crippen LogP contribution < -0.4 is 9.47 Å². The van der Waals surface area contributed by atoms with E-state index in [4.69, 9.17) is 9.47 Å². The highest BCUT2D eigenvalue weighted by atomic mass is 32.2. The van der Waals surface area contributed by atoms with Crippen molar-refractivity contribution in [3.05, 3.63) is 59.7 Å². The maximum atomic E-state index is 12.7. The van der Waals surface area contributed by atoms with Crippen molar-refractivity contribution in [1.29, 1.82) is 0 Å². The van der Waals surface area contributed by atoms with Crippen molar-refractivity contribution in [2.24, 2.45) is 0 Å². The summed E-state index contributed by atoms with van der Waals surface area (Å²) >= 11 is 1.78. The normalized spacial score (nSPS) is 19.5. The van der Waals surface area contributed by atoms with Crippen LogP contribution in [-0.4, -0.2) is 29.9 Å². The molecule has 5 heteroatoms. The summed E-state index contributed by atoms with van der Waals surface area (Å²) in [6.07, 6.45) is 0. The van der Waals surface area contributed by atoms with Crippen molar-refractivity contribution in [1.82, 2.24) is 4.90 Å². The van der Waals surface area contributed by atoms with E-state index in [0.29, 0.717) is 0 Å². The van der Waals surface area contributed by atoms with Gasteiger partial charge in [-0.3, -0.25) is 4.79 Å². The van der Waals surface area contributed by atoms with Crippen molar-refractivity contribution >= 4 is 17.7 Å². The van der Waals surface area contributed by atoms with Gasteiger partial charge in [0.25, 0.3) is 5.91 Å². The van der Waals surface area contributed by atoms with Crippen LogP contribution in [0.2, 0.25) is 0 Å². The van der Waals surface area contributed by atoms with E-state index in [1.807, 2.05) is 53.4 Å². The van der Waals surface area contributed by atoms with Gasteiger partial charge >= 0.3 is 0 Å². The lowest BCUT2D eigenvalue weighted by Crippen LogP contribution is -2.30. The Balaban J connectivity index is 1.62. The van der Waals surface area contributed by atoms with Gasteiger partial charge in [-0.2, -0.15) is 0 Å². The molecule has 2 aromatic rings. The maximum absolute atomic E-state index is 12.7. The molecule has 4 rings (SSSR count). The fourth-order valence-electron chi connectivity index (χ4n) is 2.77. The Morgan fingerprint density at radius 2 is 1.91 bits per heavy atom. The van der Waals surface area contributed by atoms with Crippen LogP contribution in [0.1, 0.15) is 21.3 Å². The first-order valence-corrected chi connectivity index (χ1v) is 8.25. The summed E-state index contributed by atoms with van der Waals surface area (Å²) < 4.78 is 10.8. The van der Waals surface area contributed by atoms with E-state index in [2.05, 4.69) is 0 Å². The molecule has 2 heterocycles. The first-order chi connectivity index (χ1) is 10.8. The number of thioether (sulfide) groups is 1. The highest BCUT2D eigenvalue weighted by Gasteiger charge is 2.32. The summed E-state index contributed by atoms with van der Waals surface area (Å²) in [7, 11) is 0. The zero-order valence-electron chi connectivity index (χ0n) is 11.9. The number of hydrogen-bond donors (Lipinski definition) is 0. The Morgan fingerprint density at radius 1 is 1.09 bits per heavy atom. The second-order valence-electron chi connectivity index (χ2n) is 5.20. The molecule has 1 atom stereocenters. The molecule has 2 aliphatic rings. The zero-order chi connectivity index (χ0) is 14.9. The second-order valence-corrected chi connectivity index (χ2v) is 6.39. The Bertz CT molecular complexity index is 704. The molecule has 1 fully saturated rings. The SMILES string of the molecule is O=C(c1ccccc1)N1CCS[C@H]1c1ccc2c(c1)OCO2. The number of fused-ring (bicyclic) bond motifs is 1. The van der Waals surface area contributed by atoms with E-state index in [1.165, 1.54) is 0 Å². The van der Waals surface area contributed by atoms with Crippen LogP contribution in [0.25, 0.3) is 0 Å². The molecule has 2 aliphatic heterocycles. The smallest absolute Gasteiger partial charge is 0.255 e. The molecule has 22 heavy (non-hydrogen) atoms. The molecular formula is C17H15NO3S. The standard InChI is InChI=1S/C17H15NO3S/c19-16(12-4-2-1-3-5-12)18-8-9-22-17(18)13-6-7-14-15(10-13)21-11-20-14/h1-7,10,17H,8-9,11H2/t17-/m0/s1. The van der Waals surface area contributed by atoms with Gasteiger partial charge in [0, 0.05) is 17.9 Å². The molecular weight excluding hydrogens is 298 g/mol. The van der Waals surface area contributed by atoms with Crippen molar-refractivity contribution in [2.45, 2.75) is 5.37 Å². The third-order valence-corrected chi connectivity index (χ3v) is 5.12. The lowest BCUT2D eigenvalue weighted by atomic mass is 10.1. The number of ether oxygens (including phenoxy) is 2. The van der Waals surface area contributed by atoms with Crippen LogP contribution in [0.4, 0.5) is 0 Å². The quantitative estimate of drug-likeness (QED) is 0.853. The molecule has 4 nitrogen and oxygen atoms in total. The van der Waals surface area contributed by atoms with Crippen molar-refractivity contribution in [2.75, 3.05) is 19.1 Å². The molecule has 2 aromatic carbocycles. The highest BCUT2D eigenvalue weighted by molar-refractivity contribution is 7.99. The molecule has 1 saturated heterocycles. The molecule has 0 spiro atoms. The molecule has 0 bridgehead atoms. The lowest BCUT2D eigenvalue weighted by molar-refractivity contribution is 0.0760. The minimum absolute atomic E-state index is 0.0298. The molecule has 112 valence electrons. The van der Waals surface area contributed by atoms with E-state index in [0.717, 1.165) is 34.9 Å². The maximum Gasteiger partial charge on any atom is 0.255 e. The number of carbonyl (C=O) groups is 1. The number of benzene rings is 2. The number of rotatable bonds is 2. The predicted molar refractivity (Wildman–Crippen MR) is 85.2 cm³/mol. The van der Waals surface area contributed by atoms with Crippen LogP contribution in [0.15, 0.2) is 48.5 Å². The largest absolute Gasteiger partial charge is 0.454 e. The predicted octanol–water partition coefficient (Wildman–Crippen LogP) is 3.30. The van der Waals surface area contributed by atoms with Crippen LogP contribution in [-0.2, 0) is 0 Å². The van der Waals surface area contributed by atoms with E-state index in [1.54, 1.807) is 11.8 Å². The Labute approximate surface area is 133 Å². The summed E-state index contributed by atoms with van der Waals surface area (Å²) in [6, 6.07) is 15.4. The Hall–Kier alpha value is -2.14. The Morgan fingerprint density at radius 3 is 2.77 bits per heavy atom. The zero-order valence-corrected chi connectivity index (χ0v) is 12.7. The van der Waals surface area contributed by atoms with Gasteiger partial charge in [-0.15, -0.1) is 11.8 Å². The van der Waals surface area contributed by atoms with Crippen LogP contribution in [0, 0.1) is 0 Å². The van der Waals surface area contributed by atoms with Gasteiger partial charge in [-0.1, -0.05) is 24.3 Å². The minimum Gasteiger partial charge on any atom is -0.454 e. The van der Waals surface area contributed by atoms with Gasteiger partial charge in [0.1, 0.15) is 5.37 Å². The van der Waals surface area contributed by atoms with Crippen molar-refractivity contribution < 1.29 is 14.3 Å². The van der Waals surface area contributed by atoms with Gasteiger partial charge in [-0.25, -0.2) is 0 Å². The van der Waals surface area contributed by atoms with E-state index in [-0.39, 0.29) is 18.1 Å². The summed E-state index contributed by atoms with van der Waals surface area (Å²) in [5.41, 5.74) is 1.81. The topological polar surface area (TPSA) is 38.8 Å². The first-order valence-electron chi connectivity index (χ1n) is 7.20. The summed E-state index contributed by atoms with van der Waals surface area (Å²) in [5, 5.41) is 0.0298. The summed E-state index contributed by atoms with van der Waals surface area (Å²) in [6.45, 7) is 1.03. The molecule has 0 aromatic heterocycles. The fourth-order valence-corrected chi connectivity index (χ4v) is 4.01. The van der Waals surface area contributed by atoms with E-state index in [9.17, 15) is 4.79 Å². The fraction of sp³-hybridized carbons (Fsp3) is 0.235. The molecule has 0 N–H and O–H groups in total. The highest BCUT2D eigenvalue weighted by Crippen LogP contribution is 2.42. The number of nitrogens with zero attached hydrogens (tertiary/aromatic N) is 1. The molecule has 0 aliphatic carbocycles. The molecule has 0 unspecified atom stereocenters. The lowest BCUT2D eigenvalue weighted by Gasteiger charge is -2.24. The molecule has 0 saturated carbocycles. The number of carbonyl (C=O) groups excluding carboxylic acids is 1. The third-order valence-electron chi connectivity index (χ3n) is 3.85. The van der Waals surface area contributed by atoms with Gasteiger partial charge in [0.05, 0.1) is 0 Å². The van der Waals surface area contributed by atoms with Gasteiger partial charge in [0.15, 0.2) is 11.5 Å². The molecule has 0 radical (unpaired) electrons. The van der Waals surface area contributed by atoms with Crippen molar-refractivity contribution in [3.8, 4) is 11.5 Å². The van der Waals surface area contributed by atoms with Crippen LogP contribution >= 0.6 is 11.8 Å². The van der Waals surface area contributed by atoms with Crippen LogP contribution in [0.3, 0.4) is 0 Å². The summed E-state index contributed by atoms with van der Waals surface area (Å²) in [4.78, 5) is 14.6. The van der Waals surface area contributed by atoms with Crippen molar-refractivity contribution in [3.63, 3.8) is 0 Å². The van der Waals surface area contributed by atoms with Crippen LogP contribution in [0.5, 0.6) is 11.5 Å². The number of hydrogen-bond acceptors (Lipinski definition) is 4.